The second-order valence-corrected chi connectivity index (χ2v) is 8.00. The topological polar surface area (TPSA) is 56.7 Å². The third-order valence-corrected chi connectivity index (χ3v) is 5.47. The Hall–Kier alpha value is -1.26. The first kappa shape index (κ1) is 23.8. The normalized spacial score (nSPS) is 10.8. The largest absolute Gasteiger partial charge is 0.356 e. The molecule has 5 nitrogen and oxygen atoms in total. The van der Waals surface area contributed by atoms with E-state index in [1.165, 1.54) is 9.77 Å². The lowest BCUT2D eigenvalue weighted by Crippen LogP contribution is -2.40. The summed E-state index contributed by atoms with van der Waals surface area (Å²) in [7, 11) is 3.48. The van der Waals surface area contributed by atoms with E-state index >= 15 is 0 Å². The molecule has 27 heavy (non-hydrogen) atoms. The Bertz CT molecular complexity index is 678. The molecule has 8 heteroatoms. The number of thiophene rings is 1. The van der Waals surface area contributed by atoms with E-state index in [-0.39, 0.29) is 36.4 Å². The van der Waals surface area contributed by atoms with Gasteiger partial charge in [0.05, 0.1) is 0 Å². The highest BCUT2D eigenvalue weighted by Crippen LogP contribution is 2.15. The number of carbonyl (C=O) groups is 1. The molecule has 0 atom stereocenters. The highest BCUT2D eigenvalue weighted by atomic mass is 127. The van der Waals surface area contributed by atoms with Gasteiger partial charge in [-0.2, -0.15) is 0 Å². The molecule has 0 saturated carbocycles. The lowest BCUT2D eigenvalue weighted by molar-refractivity contribution is -0.127. The summed E-state index contributed by atoms with van der Waals surface area (Å²) < 4.78 is 0. The molecule has 1 heterocycles. The SMILES string of the molecule is CN(C)C(=O)CN=C(NCCSc1ccccc1)NCCc1cccs1.I. The molecule has 148 valence electrons. The average Bonchev–Trinajstić information content (AvgIpc) is 3.16. The Morgan fingerprint density at radius 3 is 2.52 bits per heavy atom. The van der Waals surface area contributed by atoms with Crippen LogP contribution in [0.3, 0.4) is 0 Å². The van der Waals surface area contributed by atoms with Gasteiger partial charge in [0.2, 0.25) is 5.91 Å². The smallest absolute Gasteiger partial charge is 0.243 e. The predicted octanol–water partition coefficient (Wildman–Crippen LogP) is 3.32. The van der Waals surface area contributed by atoms with Gasteiger partial charge in [0.15, 0.2) is 5.96 Å². The Labute approximate surface area is 187 Å². The van der Waals surface area contributed by atoms with Crippen molar-refractivity contribution in [3.8, 4) is 0 Å². The highest BCUT2D eigenvalue weighted by molar-refractivity contribution is 14.0. The quantitative estimate of drug-likeness (QED) is 0.176. The van der Waals surface area contributed by atoms with Crippen LogP contribution in [0.1, 0.15) is 4.88 Å². The molecular formula is C19H27IN4OS2. The minimum atomic E-state index is -0.0111. The number of aliphatic imine (C=N–C) groups is 1. The van der Waals surface area contributed by atoms with E-state index in [2.05, 4.69) is 45.3 Å². The van der Waals surface area contributed by atoms with Crippen molar-refractivity contribution < 1.29 is 4.79 Å². The first-order valence-corrected chi connectivity index (χ1v) is 10.4. The predicted molar refractivity (Wildman–Crippen MR) is 128 cm³/mol. The number of nitrogens with one attached hydrogen (secondary N) is 2. The van der Waals surface area contributed by atoms with Crippen LogP contribution in [0.15, 0.2) is 57.7 Å². The number of rotatable bonds is 9. The van der Waals surface area contributed by atoms with Gasteiger partial charge in [-0.05, 0) is 30.0 Å². The lowest BCUT2D eigenvalue weighted by atomic mass is 10.3. The zero-order valence-electron chi connectivity index (χ0n) is 15.7. The van der Waals surface area contributed by atoms with E-state index in [9.17, 15) is 4.79 Å². The summed E-state index contributed by atoms with van der Waals surface area (Å²) in [6, 6.07) is 14.5. The molecular weight excluding hydrogens is 491 g/mol. The van der Waals surface area contributed by atoms with Crippen LogP contribution in [-0.4, -0.2) is 56.2 Å². The zero-order valence-corrected chi connectivity index (χ0v) is 19.6. The minimum Gasteiger partial charge on any atom is -0.356 e. The molecule has 0 unspecified atom stereocenters. The van der Waals surface area contributed by atoms with Crippen LogP contribution in [0.2, 0.25) is 0 Å². The summed E-state index contributed by atoms with van der Waals surface area (Å²) >= 11 is 3.55. The van der Waals surface area contributed by atoms with E-state index in [0.717, 1.165) is 25.3 Å². The number of hydrogen-bond acceptors (Lipinski definition) is 4. The summed E-state index contributed by atoms with van der Waals surface area (Å²) in [6.07, 6.45) is 0.943. The third kappa shape index (κ3) is 10.0. The van der Waals surface area contributed by atoms with Crippen LogP contribution in [-0.2, 0) is 11.2 Å². The van der Waals surface area contributed by atoms with Crippen molar-refractivity contribution in [2.75, 3.05) is 39.5 Å². The number of halogens is 1. The fraction of sp³-hybridized carbons (Fsp3) is 0.368. The number of amides is 1. The minimum absolute atomic E-state index is 0. The van der Waals surface area contributed by atoms with Gasteiger partial charge in [-0.15, -0.1) is 47.1 Å². The van der Waals surface area contributed by atoms with E-state index in [4.69, 9.17) is 0 Å². The van der Waals surface area contributed by atoms with Crippen LogP contribution >= 0.6 is 47.1 Å². The van der Waals surface area contributed by atoms with E-state index < -0.39 is 0 Å². The maximum absolute atomic E-state index is 11.8. The highest BCUT2D eigenvalue weighted by Gasteiger charge is 2.05. The molecule has 1 amide bonds. The van der Waals surface area contributed by atoms with Gasteiger partial charge < -0.3 is 15.5 Å². The first-order valence-electron chi connectivity index (χ1n) is 8.57. The monoisotopic (exact) mass is 518 g/mol. The number of carbonyl (C=O) groups excluding carboxylic acids is 1. The van der Waals surface area contributed by atoms with Gasteiger partial charge in [-0.3, -0.25) is 4.79 Å². The zero-order chi connectivity index (χ0) is 18.6. The van der Waals surface area contributed by atoms with Crippen LogP contribution < -0.4 is 10.6 Å². The van der Waals surface area contributed by atoms with E-state index in [1.54, 1.807) is 42.1 Å². The molecule has 1 aromatic carbocycles. The molecule has 2 rings (SSSR count). The second-order valence-electron chi connectivity index (χ2n) is 5.80. The van der Waals surface area contributed by atoms with Crippen molar-refractivity contribution in [2.45, 2.75) is 11.3 Å². The average molecular weight is 518 g/mol. The number of thioether (sulfide) groups is 1. The first-order chi connectivity index (χ1) is 12.6. The third-order valence-electron chi connectivity index (χ3n) is 3.52. The fourth-order valence-corrected chi connectivity index (χ4v) is 3.57. The number of likely N-dealkylation sites (N-methyl/N-ethyl adjacent to an activating group) is 1. The number of guanidine groups is 1. The van der Waals surface area contributed by atoms with Crippen molar-refractivity contribution in [2.24, 2.45) is 4.99 Å². The Balaban J connectivity index is 0.00000364. The number of nitrogens with zero attached hydrogens (tertiary/aromatic N) is 2. The number of hydrogen-bond donors (Lipinski definition) is 2. The fourth-order valence-electron chi connectivity index (χ4n) is 2.08. The molecule has 2 aromatic rings. The molecule has 0 saturated heterocycles. The van der Waals surface area contributed by atoms with Crippen LogP contribution in [0.4, 0.5) is 0 Å². The summed E-state index contributed by atoms with van der Waals surface area (Å²) in [4.78, 5) is 20.3. The Morgan fingerprint density at radius 1 is 1.11 bits per heavy atom. The molecule has 0 aliphatic heterocycles. The Kier molecular flexibility index (Phi) is 12.2. The van der Waals surface area contributed by atoms with Gasteiger partial charge in [-0.25, -0.2) is 4.99 Å². The summed E-state index contributed by atoms with van der Waals surface area (Å²) in [5.41, 5.74) is 0. The maximum atomic E-state index is 11.8. The lowest BCUT2D eigenvalue weighted by Gasteiger charge is -2.13. The van der Waals surface area contributed by atoms with Crippen molar-refractivity contribution in [3.63, 3.8) is 0 Å². The molecule has 2 N–H and O–H groups in total. The van der Waals surface area contributed by atoms with Gasteiger partial charge >= 0.3 is 0 Å². The Morgan fingerprint density at radius 2 is 1.85 bits per heavy atom. The van der Waals surface area contributed by atoms with Crippen molar-refractivity contribution in [1.29, 1.82) is 0 Å². The molecule has 0 aliphatic rings. The maximum Gasteiger partial charge on any atom is 0.243 e. The van der Waals surface area contributed by atoms with Gasteiger partial charge in [0.25, 0.3) is 0 Å². The van der Waals surface area contributed by atoms with Crippen molar-refractivity contribution >= 4 is 58.9 Å². The summed E-state index contributed by atoms with van der Waals surface area (Å²) in [5.74, 6) is 1.60. The van der Waals surface area contributed by atoms with Crippen LogP contribution in [0.5, 0.6) is 0 Å². The standard InChI is InChI=1S/C19H26N4OS2.HI/c1-23(2)18(24)15-22-19(20-11-10-17-9-6-13-25-17)21-12-14-26-16-7-4-3-5-8-16;/h3-9,13H,10-12,14-15H2,1-2H3,(H2,20,21,22);1H. The molecule has 0 bridgehead atoms. The molecule has 0 fully saturated rings. The molecule has 0 radical (unpaired) electrons. The molecule has 0 spiro atoms. The van der Waals surface area contributed by atoms with Crippen LogP contribution in [0, 0.1) is 0 Å². The van der Waals surface area contributed by atoms with E-state index in [0.29, 0.717) is 5.96 Å². The van der Waals surface area contributed by atoms with Gasteiger partial charge in [-0.1, -0.05) is 24.3 Å². The molecule has 0 aliphatic carbocycles. The van der Waals surface area contributed by atoms with Crippen molar-refractivity contribution in [3.05, 3.63) is 52.7 Å². The van der Waals surface area contributed by atoms with Crippen LogP contribution in [0.25, 0.3) is 0 Å². The van der Waals surface area contributed by atoms with Gasteiger partial charge in [0, 0.05) is 42.7 Å². The number of benzene rings is 1. The van der Waals surface area contributed by atoms with Gasteiger partial charge in [0.1, 0.15) is 6.54 Å². The summed E-state index contributed by atoms with van der Waals surface area (Å²) in [5, 5.41) is 8.71. The summed E-state index contributed by atoms with van der Waals surface area (Å²) in [6.45, 7) is 1.71. The van der Waals surface area contributed by atoms with Crippen molar-refractivity contribution in [1.82, 2.24) is 15.5 Å². The van der Waals surface area contributed by atoms with E-state index in [1.807, 2.05) is 18.2 Å². The molecule has 1 aromatic heterocycles. The second kappa shape index (κ2) is 13.8.